The molecule has 0 radical (unpaired) electrons. The lowest BCUT2D eigenvalue weighted by molar-refractivity contribution is -0.0251. The molecule has 1 aromatic rings. The van der Waals surface area contributed by atoms with Crippen LogP contribution in [0.2, 0.25) is 15.1 Å². The second-order valence-corrected chi connectivity index (χ2v) is 7.69. The van der Waals surface area contributed by atoms with Gasteiger partial charge in [-0.15, -0.1) is 0 Å². The van der Waals surface area contributed by atoms with E-state index in [1.807, 2.05) is 6.92 Å². The summed E-state index contributed by atoms with van der Waals surface area (Å²) in [5.74, 6) is -0.508. The Morgan fingerprint density at radius 3 is 2.35 bits per heavy atom. The highest BCUT2D eigenvalue weighted by atomic mass is 35.5. The van der Waals surface area contributed by atoms with Gasteiger partial charge in [0.2, 0.25) is 0 Å². The van der Waals surface area contributed by atoms with Crippen LogP contribution in [0.15, 0.2) is 12.1 Å². The molecule has 0 amide bonds. The average molecular weight is 380 g/mol. The van der Waals surface area contributed by atoms with Gasteiger partial charge in [-0.25, -0.2) is 4.79 Å². The lowest BCUT2D eigenvalue weighted by Crippen LogP contribution is -2.34. The van der Waals surface area contributed by atoms with E-state index < -0.39 is 11.6 Å². The molecule has 0 unspecified atom stereocenters. The van der Waals surface area contributed by atoms with Crippen LogP contribution in [0, 0.1) is 5.92 Å². The Morgan fingerprint density at radius 2 is 1.78 bits per heavy atom. The standard InChI is InChI=1S/C17H21Cl3O3/c1-11(9-17(22)5-3-2-4-6-17)10-23-16(21)15-13(19)7-12(18)8-14(15)20/h7-8,11,22H,2-6,9-10H2,1H3/t11-/m0/s1. The molecule has 0 heterocycles. The number of hydrogen-bond donors (Lipinski definition) is 1. The lowest BCUT2D eigenvalue weighted by Gasteiger charge is -2.34. The summed E-state index contributed by atoms with van der Waals surface area (Å²) in [6.07, 6.45) is 5.56. The van der Waals surface area contributed by atoms with Crippen LogP contribution < -0.4 is 0 Å². The van der Waals surface area contributed by atoms with Gasteiger partial charge >= 0.3 is 5.97 Å². The van der Waals surface area contributed by atoms with Crippen molar-refractivity contribution in [1.29, 1.82) is 0 Å². The molecule has 0 saturated heterocycles. The van der Waals surface area contributed by atoms with Crippen LogP contribution in [0.4, 0.5) is 0 Å². The zero-order valence-corrected chi connectivity index (χ0v) is 15.3. The van der Waals surface area contributed by atoms with Gasteiger partial charge < -0.3 is 9.84 Å². The summed E-state index contributed by atoms with van der Waals surface area (Å²) in [6, 6.07) is 2.92. The largest absolute Gasteiger partial charge is 0.462 e. The molecule has 1 aromatic carbocycles. The van der Waals surface area contributed by atoms with E-state index in [1.54, 1.807) is 0 Å². The normalized spacial score (nSPS) is 18.5. The number of aliphatic hydroxyl groups is 1. The first-order valence-electron chi connectivity index (χ1n) is 7.85. The van der Waals surface area contributed by atoms with Crippen LogP contribution in [0.3, 0.4) is 0 Å². The van der Waals surface area contributed by atoms with Crippen LogP contribution in [0.25, 0.3) is 0 Å². The van der Waals surface area contributed by atoms with E-state index in [4.69, 9.17) is 39.5 Å². The lowest BCUT2D eigenvalue weighted by atomic mass is 9.79. The summed E-state index contributed by atoms with van der Waals surface area (Å²) in [5.41, 5.74) is -0.499. The van der Waals surface area contributed by atoms with Gasteiger partial charge in [0.15, 0.2) is 0 Å². The highest BCUT2D eigenvalue weighted by molar-refractivity contribution is 6.41. The molecule has 1 aliphatic carbocycles. The second-order valence-electron chi connectivity index (χ2n) is 6.44. The molecule has 1 atom stereocenters. The third kappa shape index (κ3) is 5.25. The first-order chi connectivity index (χ1) is 10.8. The molecule has 2 rings (SSSR count). The molecule has 1 N–H and O–H groups in total. The van der Waals surface area contributed by atoms with Crippen molar-refractivity contribution in [2.75, 3.05) is 6.61 Å². The topological polar surface area (TPSA) is 46.5 Å². The predicted molar refractivity (Wildman–Crippen MR) is 93.6 cm³/mol. The van der Waals surface area contributed by atoms with Gasteiger partial charge in [-0.1, -0.05) is 61.0 Å². The number of ether oxygens (including phenoxy) is 1. The van der Waals surface area contributed by atoms with E-state index >= 15 is 0 Å². The maximum atomic E-state index is 12.2. The van der Waals surface area contributed by atoms with Gasteiger partial charge in [-0.3, -0.25) is 0 Å². The molecule has 0 bridgehead atoms. The molecular formula is C17H21Cl3O3. The molecule has 0 aliphatic heterocycles. The van der Waals surface area contributed by atoms with Gasteiger partial charge in [0.1, 0.15) is 0 Å². The number of hydrogen-bond acceptors (Lipinski definition) is 3. The SMILES string of the molecule is C[C@H](COC(=O)c1c(Cl)cc(Cl)cc1Cl)CC1(O)CCCCC1. The molecule has 6 heteroatoms. The number of esters is 1. The average Bonchev–Trinajstić information content (AvgIpc) is 2.44. The first kappa shape index (κ1) is 18.9. The fourth-order valence-electron chi connectivity index (χ4n) is 3.15. The van der Waals surface area contributed by atoms with Gasteiger partial charge in [-0.05, 0) is 37.3 Å². The van der Waals surface area contributed by atoms with Crippen LogP contribution in [0.5, 0.6) is 0 Å². The molecule has 1 aliphatic rings. The zero-order chi connectivity index (χ0) is 17.0. The highest BCUT2D eigenvalue weighted by Crippen LogP contribution is 2.34. The fraction of sp³-hybridized carbons (Fsp3) is 0.588. The summed E-state index contributed by atoms with van der Waals surface area (Å²) in [5, 5.41) is 11.3. The Bertz CT molecular complexity index is 545. The second kappa shape index (κ2) is 8.06. The van der Waals surface area contributed by atoms with Crippen molar-refractivity contribution in [3.05, 3.63) is 32.8 Å². The number of halogens is 3. The van der Waals surface area contributed by atoms with Crippen molar-refractivity contribution < 1.29 is 14.6 Å². The van der Waals surface area contributed by atoms with Crippen LogP contribution in [0.1, 0.15) is 55.8 Å². The van der Waals surface area contributed by atoms with E-state index in [2.05, 4.69) is 0 Å². The molecule has 0 aromatic heterocycles. The van der Waals surface area contributed by atoms with E-state index in [9.17, 15) is 9.90 Å². The summed E-state index contributed by atoms with van der Waals surface area (Å²) in [7, 11) is 0. The first-order valence-corrected chi connectivity index (χ1v) is 8.98. The van der Waals surface area contributed by atoms with Crippen LogP contribution in [-0.2, 0) is 4.74 Å². The third-order valence-corrected chi connectivity index (χ3v) is 5.04. The van der Waals surface area contributed by atoms with Crippen LogP contribution >= 0.6 is 34.8 Å². The third-order valence-electron chi connectivity index (χ3n) is 4.22. The minimum Gasteiger partial charge on any atom is -0.462 e. The van der Waals surface area contributed by atoms with Crippen molar-refractivity contribution >= 4 is 40.8 Å². The monoisotopic (exact) mass is 378 g/mol. The Labute approximate surface area is 151 Å². The van der Waals surface area contributed by atoms with Gasteiger partial charge in [0.25, 0.3) is 0 Å². The fourth-order valence-corrected chi connectivity index (χ4v) is 4.12. The van der Waals surface area contributed by atoms with E-state index in [1.165, 1.54) is 18.6 Å². The predicted octanol–water partition coefficient (Wildman–Crippen LogP) is 5.53. The van der Waals surface area contributed by atoms with Crippen molar-refractivity contribution in [1.82, 2.24) is 0 Å². The molecular weight excluding hydrogens is 359 g/mol. The summed E-state index contributed by atoms with van der Waals surface area (Å²) in [6.45, 7) is 2.18. The zero-order valence-electron chi connectivity index (χ0n) is 13.1. The number of rotatable bonds is 5. The maximum absolute atomic E-state index is 12.2. The summed E-state index contributed by atoms with van der Waals surface area (Å²) >= 11 is 17.9. The van der Waals surface area contributed by atoms with Gasteiger partial charge in [0.05, 0.1) is 27.8 Å². The molecule has 128 valence electrons. The number of carbonyl (C=O) groups excluding carboxylic acids is 1. The Hall–Kier alpha value is -0.480. The molecule has 3 nitrogen and oxygen atoms in total. The summed E-state index contributed by atoms with van der Waals surface area (Å²) < 4.78 is 5.32. The van der Waals surface area contributed by atoms with E-state index in [0.29, 0.717) is 11.4 Å². The number of benzene rings is 1. The highest BCUT2D eigenvalue weighted by Gasteiger charge is 2.31. The molecule has 1 fully saturated rings. The van der Waals surface area contributed by atoms with Gasteiger partial charge in [-0.2, -0.15) is 0 Å². The number of carbonyl (C=O) groups is 1. The molecule has 1 saturated carbocycles. The van der Waals surface area contributed by atoms with Crippen molar-refractivity contribution in [3.63, 3.8) is 0 Å². The van der Waals surface area contributed by atoms with Crippen molar-refractivity contribution in [2.45, 2.75) is 51.0 Å². The van der Waals surface area contributed by atoms with E-state index in [0.717, 1.165) is 25.7 Å². The minimum atomic E-state index is -0.625. The minimum absolute atomic E-state index is 0.0619. The van der Waals surface area contributed by atoms with Crippen molar-refractivity contribution in [3.8, 4) is 0 Å². The summed E-state index contributed by atoms with van der Waals surface area (Å²) in [4.78, 5) is 12.2. The van der Waals surface area contributed by atoms with Gasteiger partial charge in [0, 0.05) is 5.02 Å². The quantitative estimate of drug-likeness (QED) is 0.685. The Morgan fingerprint density at radius 1 is 1.22 bits per heavy atom. The van der Waals surface area contributed by atoms with Crippen molar-refractivity contribution in [2.24, 2.45) is 5.92 Å². The smallest absolute Gasteiger partial charge is 0.341 e. The van der Waals surface area contributed by atoms with Crippen LogP contribution in [-0.4, -0.2) is 23.3 Å². The van der Waals surface area contributed by atoms with E-state index in [-0.39, 0.29) is 28.1 Å². The Kier molecular flexibility index (Phi) is 6.61. The maximum Gasteiger partial charge on any atom is 0.341 e. The Balaban J connectivity index is 1.91. The molecule has 23 heavy (non-hydrogen) atoms. The molecule has 0 spiro atoms.